The molecule has 0 fully saturated rings. The zero-order chi connectivity index (χ0) is 12.7. The lowest BCUT2D eigenvalue weighted by molar-refractivity contribution is 0.0905. The first-order valence-corrected chi connectivity index (χ1v) is 5.81. The zero-order valence-electron chi connectivity index (χ0n) is 10.6. The molecule has 0 saturated carbocycles. The molecule has 1 aromatic carbocycles. The largest absolute Gasteiger partial charge is 0.385 e. The molecule has 0 aromatic heterocycles. The smallest absolute Gasteiger partial charge is 0.251 e. The fourth-order valence-corrected chi connectivity index (χ4v) is 1.54. The van der Waals surface area contributed by atoms with E-state index in [1.807, 2.05) is 38.1 Å². The van der Waals surface area contributed by atoms with Crippen LogP contribution >= 0.6 is 0 Å². The third kappa shape index (κ3) is 4.44. The number of anilines is 1. The van der Waals surface area contributed by atoms with E-state index in [-0.39, 0.29) is 11.9 Å². The van der Waals surface area contributed by atoms with Gasteiger partial charge in [-0.05, 0) is 38.1 Å². The van der Waals surface area contributed by atoms with Crippen LogP contribution in [-0.2, 0) is 4.74 Å². The predicted molar refractivity (Wildman–Crippen MR) is 69.4 cm³/mol. The first-order valence-electron chi connectivity index (χ1n) is 5.81. The van der Waals surface area contributed by atoms with Crippen LogP contribution in [0.4, 0.5) is 5.69 Å². The van der Waals surface area contributed by atoms with Crippen molar-refractivity contribution in [2.75, 3.05) is 25.6 Å². The molecule has 1 amide bonds. The van der Waals surface area contributed by atoms with Gasteiger partial charge in [-0.15, -0.1) is 0 Å². The molecule has 2 N–H and O–H groups in total. The van der Waals surface area contributed by atoms with E-state index in [0.717, 1.165) is 12.2 Å². The number of nitrogens with one attached hydrogen (secondary N) is 2. The van der Waals surface area contributed by atoms with E-state index in [2.05, 4.69) is 10.6 Å². The van der Waals surface area contributed by atoms with E-state index in [1.54, 1.807) is 7.11 Å². The second-order valence-corrected chi connectivity index (χ2v) is 3.94. The maximum atomic E-state index is 11.8. The first kappa shape index (κ1) is 13.5. The summed E-state index contributed by atoms with van der Waals surface area (Å²) in [5, 5.41) is 6.05. The van der Waals surface area contributed by atoms with Crippen molar-refractivity contribution in [2.24, 2.45) is 0 Å². The van der Waals surface area contributed by atoms with Gasteiger partial charge in [-0.25, -0.2) is 0 Å². The minimum atomic E-state index is -0.0717. The molecule has 0 saturated heterocycles. The van der Waals surface area contributed by atoms with Gasteiger partial charge in [-0.2, -0.15) is 0 Å². The van der Waals surface area contributed by atoms with Crippen LogP contribution in [-0.4, -0.2) is 32.2 Å². The molecule has 1 atom stereocenters. The highest BCUT2D eigenvalue weighted by molar-refractivity contribution is 5.94. The van der Waals surface area contributed by atoms with Gasteiger partial charge in [0.1, 0.15) is 0 Å². The maximum absolute atomic E-state index is 11.8. The zero-order valence-corrected chi connectivity index (χ0v) is 10.6. The summed E-state index contributed by atoms with van der Waals surface area (Å²) in [6.45, 7) is 5.33. The number of methoxy groups -OCH3 is 1. The van der Waals surface area contributed by atoms with Gasteiger partial charge < -0.3 is 15.4 Å². The van der Waals surface area contributed by atoms with Gasteiger partial charge in [0.05, 0.1) is 6.61 Å². The Balaban J connectivity index is 2.57. The van der Waals surface area contributed by atoms with E-state index in [9.17, 15) is 4.79 Å². The van der Waals surface area contributed by atoms with E-state index in [1.165, 1.54) is 0 Å². The number of amides is 1. The Kier molecular flexibility index (Phi) is 5.49. The summed E-state index contributed by atoms with van der Waals surface area (Å²) in [6.07, 6.45) is 0. The standard InChI is InChI=1S/C13H20N2O2/c1-4-14-12-7-5-11(6-8-12)13(16)15-10(2)9-17-3/h5-8,10,14H,4,9H2,1-3H3,(H,15,16). The molecule has 1 aromatic rings. The monoisotopic (exact) mass is 236 g/mol. The molecule has 4 heteroatoms. The van der Waals surface area contributed by atoms with Gasteiger partial charge >= 0.3 is 0 Å². The van der Waals surface area contributed by atoms with Crippen LogP contribution in [0.3, 0.4) is 0 Å². The number of ether oxygens (including phenoxy) is 1. The highest BCUT2D eigenvalue weighted by Gasteiger charge is 2.08. The number of rotatable bonds is 6. The Morgan fingerprint density at radius 2 is 2.00 bits per heavy atom. The Hall–Kier alpha value is -1.55. The van der Waals surface area contributed by atoms with Gasteiger partial charge in [0.2, 0.25) is 0 Å². The number of carbonyl (C=O) groups excluding carboxylic acids is 1. The number of hydrogen-bond donors (Lipinski definition) is 2. The molecule has 0 radical (unpaired) electrons. The minimum absolute atomic E-state index is 0.0148. The molecule has 1 unspecified atom stereocenters. The molecule has 0 aliphatic carbocycles. The minimum Gasteiger partial charge on any atom is -0.385 e. The summed E-state index contributed by atoms with van der Waals surface area (Å²) in [6, 6.07) is 7.44. The van der Waals surface area contributed by atoms with Crippen molar-refractivity contribution in [3.05, 3.63) is 29.8 Å². The number of carbonyl (C=O) groups is 1. The quantitative estimate of drug-likeness (QED) is 0.793. The van der Waals surface area contributed by atoms with Gasteiger partial charge in [0.25, 0.3) is 5.91 Å². The molecule has 1 rings (SSSR count). The summed E-state index contributed by atoms with van der Waals surface area (Å²) in [5.41, 5.74) is 1.68. The van der Waals surface area contributed by atoms with Gasteiger partial charge in [-0.1, -0.05) is 0 Å². The first-order chi connectivity index (χ1) is 8.17. The Labute approximate surface area is 102 Å². The maximum Gasteiger partial charge on any atom is 0.251 e. The Morgan fingerprint density at radius 3 is 2.53 bits per heavy atom. The highest BCUT2D eigenvalue weighted by Crippen LogP contribution is 2.09. The molecule has 4 nitrogen and oxygen atoms in total. The lowest BCUT2D eigenvalue weighted by atomic mass is 10.2. The molecule has 0 spiro atoms. The summed E-state index contributed by atoms with van der Waals surface area (Å²) < 4.78 is 4.97. The van der Waals surface area contributed by atoms with Crippen LogP contribution in [0.5, 0.6) is 0 Å². The van der Waals surface area contributed by atoms with Crippen molar-refractivity contribution in [1.29, 1.82) is 0 Å². The van der Waals surface area contributed by atoms with Crippen molar-refractivity contribution in [3.8, 4) is 0 Å². The average molecular weight is 236 g/mol. The average Bonchev–Trinajstić information content (AvgIpc) is 2.30. The third-order valence-electron chi connectivity index (χ3n) is 2.32. The van der Waals surface area contributed by atoms with Crippen LogP contribution in [0.25, 0.3) is 0 Å². The van der Waals surface area contributed by atoms with Crippen molar-refractivity contribution in [3.63, 3.8) is 0 Å². The number of benzene rings is 1. The highest BCUT2D eigenvalue weighted by atomic mass is 16.5. The lowest BCUT2D eigenvalue weighted by Gasteiger charge is -2.13. The lowest BCUT2D eigenvalue weighted by Crippen LogP contribution is -2.35. The Morgan fingerprint density at radius 1 is 1.35 bits per heavy atom. The normalized spacial score (nSPS) is 11.9. The van der Waals surface area contributed by atoms with Crippen molar-refractivity contribution >= 4 is 11.6 Å². The van der Waals surface area contributed by atoms with Crippen LogP contribution in [0.2, 0.25) is 0 Å². The summed E-state index contributed by atoms with van der Waals surface area (Å²) >= 11 is 0. The SMILES string of the molecule is CCNc1ccc(C(=O)NC(C)COC)cc1. The molecule has 94 valence electrons. The van der Waals surface area contributed by atoms with E-state index in [0.29, 0.717) is 12.2 Å². The van der Waals surface area contributed by atoms with Crippen LogP contribution in [0.15, 0.2) is 24.3 Å². The van der Waals surface area contributed by atoms with Crippen molar-refractivity contribution in [2.45, 2.75) is 19.9 Å². The fourth-order valence-electron chi connectivity index (χ4n) is 1.54. The van der Waals surface area contributed by atoms with Crippen LogP contribution < -0.4 is 10.6 Å². The molecule has 0 aliphatic rings. The molecular weight excluding hydrogens is 216 g/mol. The molecule has 17 heavy (non-hydrogen) atoms. The molecule has 0 bridgehead atoms. The fraction of sp³-hybridized carbons (Fsp3) is 0.462. The topological polar surface area (TPSA) is 50.4 Å². The molecular formula is C13H20N2O2. The van der Waals surface area contributed by atoms with Gasteiger partial charge in [-0.3, -0.25) is 4.79 Å². The second-order valence-electron chi connectivity index (χ2n) is 3.94. The third-order valence-corrected chi connectivity index (χ3v) is 2.32. The summed E-state index contributed by atoms with van der Waals surface area (Å²) in [5.74, 6) is -0.0717. The summed E-state index contributed by atoms with van der Waals surface area (Å²) in [4.78, 5) is 11.8. The number of hydrogen-bond acceptors (Lipinski definition) is 3. The second kappa shape index (κ2) is 6.91. The Bertz CT molecular complexity index is 349. The van der Waals surface area contributed by atoms with E-state index >= 15 is 0 Å². The van der Waals surface area contributed by atoms with Crippen LogP contribution in [0, 0.1) is 0 Å². The van der Waals surface area contributed by atoms with E-state index < -0.39 is 0 Å². The van der Waals surface area contributed by atoms with Crippen LogP contribution in [0.1, 0.15) is 24.2 Å². The van der Waals surface area contributed by atoms with E-state index in [4.69, 9.17) is 4.74 Å². The van der Waals surface area contributed by atoms with Crippen molar-refractivity contribution < 1.29 is 9.53 Å². The van der Waals surface area contributed by atoms with Crippen molar-refractivity contribution in [1.82, 2.24) is 5.32 Å². The van der Waals surface area contributed by atoms with Gasteiger partial charge in [0, 0.05) is 30.9 Å². The predicted octanol–water partition coefficient (Wildman–Crippen LogP) is 1.88. The van der Waals surface area contributed by atoms with Gasteiger partial charge in [0.15, 0.2) is 0 Å². The molecule has 0 aliphatic heterocycles. The molecule has 0 heterocycles. The summed E-state index contributed by atoms with van der Waals surface area (Å²) in [7, 11) is 1.62.